The third-order valence-electron chi connectivity index (χ3n) is 4.02. The molecule has 2 heterocycles. The fraction of sp³-hybridized carbons (Fsp3) is 0.316. The monoisotopic (exact) mass is 422 g/mol. The number of nitrogens with one attached hydrogen (secondary N) is 1. The summed E-state index contributed by atoms with van der Waals surface area (Å²) in [5, 5.41) is 11.1. The predicted molar refractivity (Wildman–Crippen MR) is 113 cm³/mol. The highest BCUT2D eigenvalue weighted by atomic mass is 35.5. The standard InChI is InChI=1S/C19H20Cl2N4OS/c1-11(17-24-15(10-27-17)19(2,3)4)23-14-9-22-25(18(26)16(14)21)13-7-5-12(20)6-8-13/h5-11,23H,1-4H3/t11-/m0/s1. The van der Waals surface area contributed by atoms with Gasteiger partial charge in [0.05, 0.1) is 29.3 Å². The Morgan fingerprint density at radius 3 is 2.44 bits per heavy atom. The molecule has 0 saturated carbocycles. The Labute approximate surface area is 172 Å². The first-order valence-electron chi connectivity index (χ1n) is 8.43. The average Bonchev–Trinajstić information content (AvgIpc) is 3.11. The second-order valence-electron chi connectivity index (χ2n) is 7.25. The van der Waals surface area contributed by atoms with E-state index in [9.17, 15) is 4.79 Å². The number of halogens is 2. The van der Waals surface area contributed by atoms with E-state index in [4.69, 9.17) is 28.2 Å². The van der Waals surface area contributed by atoms with E-state index in [1.165, 1.54) is 4.68 Å². The maximum absolute atomic E-state index is 12.6. The minimum Gasteiger partial charge on any atom is -0.373 e. The van der Waals surface area contributed by atoms with Crippen LogP contribution in [0.25, 0.3) is 5.69 Å². The van der Waals surface area contributed by atoms with Crippen LogP contribution in [0.4, 0.5) is 5.69 Å². The molecule has 142 valence electrons. The second-order valence-corrected chi connectivity index (χ2v) is 8.96. The number of nitrogens with zero attached hydrogens (tertiary/aromatic N) is 3. The van der Waals surface area contributed by atoms with Gasteiger partial charge in [0.25, 0.3) is 5.56 Å². The van der Waals surface area contributed by atoms with Crippen LogP contribution in [0.5, 0.6) is 0 Å². The number of aromatic nitrogens is 3. The molecule has 1 aromatic carbocycles. The third-order valence-corrected chi connectivity index (χ3v) is 5.67. The fourth-order valence-corrected chi connectivity index (χ4v) is 3.79. The number of anilines is 1. The van der Waals surface area contributed by atoms with Gasteiger partial charge in [-0.1, -0.05) is 44.0 Å². The van der Waals surface area contributed by atoms with Crippen molar-refractivity contribution in [3.8, 4) is 5.69 Å². The first-order chi connectivity index (χ1) is 12.7. The van der Waals surface area contributed by atoms with Crippen LogP contribution in [-0.2, 0) is 5.41 Å². The van der Waals surface area contributed by atoms with Crippen LogP contribution >= 0.6 is 34.5 Å². The molecule has 2 aromatic heterocycles. The molecule has 1 atom stereocenters. The fourth-order valence-electron chi connectivity index (χ4n) is 2.43. The van der Waals surface area contributed by atoms with Gasteiger partial charge in [0.15, 0.2) is 0 Å². The molecule has 5 nitrogen and oxygen atoms in total. The van der Waals surface area contributed by atoms with E-state index in [1.54, 1.807) is 41.8 Å². The highest BCUT2D eigenvalue weighted by Gasteiger charge is 2.20. The van der Waals surface area contributed by atoms with E-state index < -0.39 is 5.56 Å². The van der Waals surface area contributed by atoms with E-state index in [0.717, 1.165) is 10.7 Å². The van der Waals surface area contributed by atoms with Crippen molar-refractivity contribution in [2.45, 2.75) is 39.2 Å². The zero-order valence-corrected chi connectivity index (χ0v) is 17.8. The first-order valence-corrected chi connectivity index (χ1v) is 10.1. The molecule has 1 N–H and O–H groups in total. The summed E-state index contributed by atoms with van der Waals surface area (Å²) < 4.78 is 1.25. The van der Waals surface area contributed by atoms with E-state index in [1.807, 2.05) is 6.92 Å². The minimum atomic E-state index is -0.397. The number of thiazole rings is 1. The molecule has 0 saturated heterocycles. The second kappa shape index (κ2) is 7.62. The molecule has 0 unspecified atom stereocenters. The molecule has 0 bridgehead atoms. The van der Waals surface area contributed by atoms with Crippen LogP contribution in [0.3, 0.4) is 0 Å². The molecule has 0 amide bonds. The van der Waals surface area contributed by atoms with Crippen LogP contribution in [0.1, 0.15) is 44.4 Å². The van der Waals surface area contributed by atoms with Crippen molar-refractivity contribution in [2.75, 3.05) is 5.32 Å². The van der Waals surface area contributed by atoms with E-state index in [0.29, 0.717) is 16.4 Å². The highest BCUT2D eigenvalue weighted by Crippen LogP contribution is 2.29. The lowest BCUT2D eigenvalue weighted by Crippen LogP contribution is -2.23. The van der Waals surface area contributed by atoms with Crippen molar-refractivity contribution in [3.05, 3.63) is 66.9 Å². The molecule has 0 fully saturated rings. The molecule has 3 rings (SSSR count). The average molecular weight is 423 g/mol. The highest BCUT2D eigenvalue weighted by molar-refractivity contribution is 7.09. The van der Waals surface area contributed by atoms with Crippen molar-refractivity contribution in [1.29, 1.82) is 0 Å². The van der Waals surface area contributed by atoms with E-state index in [-0.39, 0.29) is 16.5 Å². The molecule has 3 aromatic rings. The van der Waals surface area contributed by atoms with Gasteiger partial charge in [-0.2, -0.15) is 9.78 Å². The summed E-state index contributed by atoms with van der Waals surface area (Å²) in [5.74, 6) is 0. The number of hydrogen-bond acceptors (Lipinski definition) is 5. The van der Waals surface area contributed by atoms with Crippen molar-refractivity contribution in [2.24, 2.45) is 0 Å². The van der Waals surface area contributed by atoms with Gasteiger partial charge in [-0.25, -0.2) is 4.98 Å². The van der Waals surface area contributed by atoms with Crippen LogP contribution in [-0.4, -0.2) is 14.8 Å². The topological polar surface area (TPSA) is 59.8 Å². The number of hydrogen-bond donors (Lipinski definition) is 1. The van der Waals surface area contributed by atoms with Gasteiger partial charge < -0.3 is 5.32 Å². The first kappa shape index (κ1) is 19.9. The van der Waals surface area contributed by atoms with Crippen molar-refractivity contribution >= 4 is 40.2 Å². The molecule has 8 heteroatoms. The van der Waals surface area contributed by atoms with Crippen LogP contribution in [0.2, 0.25) is 10.0 Å². The van der Waals surface area contributed by atoms with Gasteiger partial charge in [0, 0.05) is 15.8 Å². The van der Waals surface area contributed by atoms with Gasteiger partial charge in [0.2, 0.25) is 0 Å². The normalized spacial score (nSPS) is 12.8. The van der Waals surface area contributed by atoms with Gasteiger partial charge in [-0.05, 0) is 31.2 Å². The summed E-state index contributed by atoms with van der Waals surface area (Å²) in [5.41, 5.74) is 1.71. The Balaban J connectivity index is 1.85. The molecular weight excluding hydrogens is 403 g/mol. The molecule has 0 aliphatic heterocycles. The molecule has 27 heavy (non-hydrogen) atoms. The van der Waals surface area contributed by atoms with Crippen LogP contribution in [0, 0.1) is 0 Å². The Bertz CT molecular complexity index is 1010. The van der Waals surface area contributed by atoms with E-state index >= 15 is 0 Å². The van der Waals surface area contributed by atoms with Crippen LogP contribution < -0.4 is 10.9 Å². The van der Waals surface area contributed by atoms with Gasteiger partial charge >= 0.3 is 0 Å². The molecule has 0 aliphatic rings. The van der Waals surface area contributed by atoms with Crippen molar-refractivity contribution < 1.29 is 0 Å². The molecule has 0 spiro atoms. The lowest BCUT2D eigenvalue weighted by atomic mass is 9.93. The Morgan fingerprint density at radius 2 is 1.85 bits per heavy atom. The van der Waals surface area contributed by atoms with Gasteiger partial charge in [-0.15, -0.1) is 11.3 Å². The van der Waals surface area contributed by atoms with Crippen molar-refractivity contribution in [3.63, 3.8) is 0 Å². The SMILES string of the molecule is C[C@H](Nc1cnn(-c2ccc(Cl)cc2)c(=O)c1Cl)c1nc(C(C)(C)C)cs1. The van der Waals surface area contributed by atoms with E-state index in [2.05, 4.69) is 36.6 Å². The summed E-state index contributed by atoms with van der Waals surface area (Å²) in [4.78, 5) is 17.3. The lowest BCUT2D eigenvalue weighted by molar-refractivity contribution is 0.569. The largest absolute Gasteiger partial charge is 0.373 e. The lowest BCUT2D eigenvalue weighted by Gasteiger charge is -2.16. The predicted octanol–water partition coefficient (Wildman–Crippen LogP) is 5.47. The zero-order chi connectivity index (χ0) is 19.8. The Hall–Kier alpha value is -1.89. The minimum absolute atomic E-state index is 0.00722. The maximum atomic E-state index is 12.6. The van der Waals surface area contributed by atoms with Gasteiger partial charge in [0.1, 0.15) is 10.0 Å². The summed E-state index contributed by atoms with van der Waals surface area (Å²) in [7, 11) is 0. The Morgan fingerprint density at radius 1 is 1.19 bits per heavy atom. The summed E-state index contributed by atoms with van der Waals surface area (Å²) in [6.45, 7) is 8.36. The smallest absolute Gasteiger partial charge is 0.292 e. The summed E-state index contributed by atoms with van der Waals surface area (Å²) in [6.07, 6.45) is 1.55. The summed E-state index contributed by atoms with van der Waals surface area (Å²) >= 11 is 13.8. The molecule has 0 aliphatic carbocycles. The molecule has 0 radical (unpaired) electrons. The van der Waals surface area contributed by atoms with Gasteiger partial charge in [-0.3, -0.25) is 4.79 Å². The molecular formula is C19H20Cl2N4OS. The number of benzene rings is 1. The Kier molecular flexibility index (Phi) is 5.60. The quantitative estimate of drug-likeness (QED) is 0.605. The zero-order valence-electron chi connectivity index (χ0n) is 15.5. The van der Waals surface area contributed by atoms with Crippen LogP contribution in [0.15, 0.2) is 40.6 Å². The number of rotatable bonds is 4. The van der Waals surface area contributed by atoms with Crippen molar-refractivity contribution in [1.82, 2.24) is 14.8 Å². The third kappa shape index (κ3) is 4.34. The maximum Gasteiger partial charge on any atom is 0.292 e. The summed E-state index contributed by atoms with van der Waals surface area (Å²) in [6, 6.07) is 6.72.